The first-order valence-electron chi connectivity index (χ1n) is 7.38. The minimum absolute atomic E-state index is 0.155. The van der Waals surface area contributed by atoms with Crippen LogP contribution in [0.5, 0.6) is 0 Å². The molecule has 1 N–H and O–H groups in total. The zero-order valence-corrected chi connectivity index (χ0v) is 11.5. The number of fused-ring (bicyclic) bond motifs is 1. The molecule has 1 aromatic heterocycles. The maximum Gasteiger partial charge on any atom is 0.417 e. The van der Waals surface area contributed by atoms with Gasteiger partial charge in [0.25, 0.3) is 0 Å². The van der Waals surface area contributed by atoms with Crippen LogP contribution in [0.25, 0.3) is 11.1 Å². The van der Waals surface area contributed by atoms with E-state index in [2.05, 4.69) is 4.98 Å². The zero-order chi connectivity index (χ0) is 13.9. The molecule has 0 unspecified atom stereocenters. The van der Waals surface area contributed by atoms with Crippen LogP contribution in [0.3, 0.4) is 0 Å². The summed E-state index contributed by atoms with van der Waals surface area (Å²) in [6.07, 6.45) is 8.00. The Hall–Kier alpha value is -1.84. The van der Waals surface area contributed by atoms with Gasteiger partial charge in [0.1, 0.15) is 0 Å². The predicted octanol–water partition coefficient (Wildman–Crippen LogP) is 3.66. The second-order valence-corrected chi connectivity index (χ2v) is 5.71. The van der Waals surface area contributed by atoms with Gasteiger partial charge < -0.3 is 4.42 Å². The normalized spacial score (nSPS) is 17.2. The summed E-state index contributed by atoms with van der Waals surface area (Å²) in [5.41, 5.74) is 1.74. The molecule has 4 heteroatoms. The number of hydrogen-bond acceptors (Lipinski definition) is 3. The van der Waals surface area contributed by atoms with Gasteiger partial charge in [-0.05, 0) is 24.1 Å². The number of nitrogens with one attached hydrogen (secondary N) is 1. The van der Waals surface area contributed by atoms with Gasteiger partial charge in [0.15, 0.2) is 11.4 Å². The first kappa shape index (κ1) is 13.2. The number of rotatable bonds is 3. The molecule has 1 aliphatic rings. The third kappa shape index (κ3) is 2.84. The number of H-pyrrole nitrogens is 1. The molecule has 20 heavy (non-hydrogen) atoms. The fraction of sp³-hybridized carbons (Fsp3) is 0.500. The molecule has 2 aromatic rings. The van der Waals surface area contributed by atoms with Crippen LogP contribution < -0.4 is 5.76 Å². The average Bonchev–Trinajstić information content (AvgIpc) is 2.62. The molecule has 1 aliphatic carbocycles. The minimum atomic E-state index is -0.478. The summed E-state index contributed by atoms with van der Waals surface area (Å²) in [6, 6.07) is 5.18. The van der Waals surface area contributed by atoms with Gasteiger partial charge in [-0.25, -0.2) is 4.79 Å². The Bertz CT molecular complexity index is 660. The van der Waals surface area contributed by atoms with Crippen molar-refractivity contribution >= 4 is 16.9 Å². The topological polar surface area (TPSA) is 63.1 Å². The number of hydrogen-bond donors (Lipinski definition) is 1. The second-order valence-electron chi connectivity index (χ2n) is 5.71. The van der Waals surface area contributed by atoms with Crippen molar-refractivity contribution in [2.24, 2.45) is 5.92 Å². The molecule has 1 fully saturated rings. The maximum atomic E-state index is 12.3. The highest BCUT2D eigenvalue weighted by Gasteiger charge is 2.17. The van der Waals surface area contributed by atoms with Crippen molar-refractivity contribution in [2.75, 3.05) is 0 Å². The summed E-state index contributed by atoms with van der Waals surface area (Å²) in [5, 5.41) is 0. The van der Waals surface area contributed by atoms with Crippen LogP contribution in [0.4, 0.5) is 0 Å². The number of Topliss-reactive ketones (excluding diaryl/α,β-unsaturated/α-hetero) is 1. The van der Waals surface area contributed by atoms with E-state index in [1.54, 1.807) is 18.2 Å². The van der Waals surface area contributed by atoms with E-state index in [9.17, 15) is 9.59 Å². The van der Waals surface area contributed by atoms with Gasteiger partial charge in [-0.15, -0.1) is 0 Å². The largest absolute Gasteiger partial charge is 0.417 e. The van der Waals surface area contributed by atoms with Crippen molar-refractivity contribution in [1.82, 2.24) is 4.98 Å². The van der Waals surface area contributed by atoms with E-state index in [0.29, 0.717) is 29.0 Å². The van der Waals surface area contributed by atoms with E-state index in [4.69, 9.17) is 4.42 Å². The molecule has 4 nitrogen and oxygen atoms in total. The molecule has 0 spiro atoms. The van der Waals surface area contributed by atoms with E-state index in [-0.39, 0.29) is 5.78 Å². The molecule has 106 valence electrons. The lowest BCUT2D eigenvalue weighted by Gasteiger charge is -2.12. The molecule has 0 saturated heterocycles. The highest BCUT2D eigenvalue weighted by molar-refractivity contribution is 5.98. The van der Waals surface area contributed by atoms with Gasteiger partial charge in [0.2, 0.25) is 0 Å². The SMILES string of the molecule is O=C(CC1CCCCCC1)c1ccc2[nH]c(=O)oc2c1. The second kappa shape index (κ2) is 5.65. The molecule has 0 aliphatic heterocycles. The van der Waals surface area contributed by atoms with Crippen molar-refractivity contribution in [3.05, 3.63) is 34.3 Å². The quantitative estimate of drug-likeness (QED) is 0.685. The summed E-state index contributed by atoms with van der Waals surface area (Å²) >= 11 is 0. The van der Waals surface area contributed by atoms with Crippen molar-refractivity contribution in [1.29, 1.82) is 0 Å². The number of benzene rings is 1. The molecule has 0 radical (unpaired) electrons. The molecular weight excluding hydrogens is 254 g/mol. The molecule has 3 rings (SSSR count). The van der Waals surface area contributed by atoms with Crippen LogP contribution in [-0.4, -0.2) is 10.8 Å². The first-order chi connectivity index (χ1) is 9.72. The van der Waals surface area contributed by atoms with Crippen molar-refractivity contribution in [3.63, 3.8) is 0 Å². The van der Waals surface area contributed by atoms with E-state index in [0.717, 1.165) is 12.8 Å². The summed E-state index contributed by atoms with van der Waals surface area (Å²) < 4.78 is 5.01. The van der Waals surface area contributed by atoms with Crippen molar-refractivity contribution in [2.45, 2.75) is 44.9 Å². The molecule has 0 amide bonds. The first-order valence-corrected chi connectivity index (χ1v) is 7.38. The Kier molecular flexibility index (Phi) is 3.72. The molecular formula is C16H19NO3. The van der Waals surface area contributed by atoms with Gasteiger partial charge in [-0.1, -0.05) is 38.5 Å². The third-order valence-electron chi connectivity index (χ3n) is 4.19. The molecule has 0 atom stereocenters. The lowest BCUT2D eigenvalue weighted by molar-refractivity contribution is 0.0957. The van der Waals surface area contributed by atoms with Crippen molar-refractivity contribution in [3.8, 4) is 0 Å². The zero-order valence-electron chi connectivity index (χ0n) is 11.5. The Balaban J connectivity index is 1.75. The summed E-state index contributed by atoms with van der Waals surface area (Å²) in [7, 11) is 0. The molecule has 1 saturated carbocycles. The fourth-order valence-electron chi connectivity index (χ4n) is 3.07. The number of carbonyl (C=O) groups excluding carboxylic acids is 1. The van der Waals surface area contributed by atoms with E-state index in [1.807, 2.05) is 0 Å². The Morgan fingerprint density at radius 1 is 1.20 bits per heavy atom. The summed E-state index contributed by atoms with van der Waals surface area (Å²) in [6.45, 7) is 0. The third-order valence-corrected chi connectivity index (χ3v) is 4.19. The molecule has 0 bridgehead atoms. The van der Waals surface area contributed by atoms with Gasteiger partial charge in [0.05, 0.1) is 5.52 Å². The van der Waals surface area contributed by atoms with Crippen LogP contribution in [0.2, 0.25) is 0 Å². The van der Waals surface area contributed by atoms with Gasteiger partial charge in [-0.3, -0.25) is 9.78 Å². The smallest absolute Gasteiger partial charge is 0.408 e. The van der Waals surface area contributed by atoms with Crippen LogP contribution >= 0.6 is 0 Å². The monoisotopic (exact) mass is 273 g/mol. The summed E-state index contributed by atoms with van der Waals surface area (Å²) in [4.78, 5) is 26.0. The van der Waals surface area contributed by atoms with Crippen molar-refractivity contribution < 1.29 is 9.21 Å². The van der Waals surface area contributed by atoms with E-state index in [1.165, 1.54) is 25.7 Å². The Morgan fingerprint density at radius 2 is 1.95 bits per heavy atom. The number of aromatic amines is 1. The van der Waals surface area contributed by atoms with Crippen LogP contribution in [-0.2, 0) is 0 Å². The van der Waals surface area contributed by atoms with Crippen LogP contribution in [0.15, 0.2) is 27.4 Å². The lowest BCUT2D eigenvalue weighted by atomic mass is 9.92. The van der Waals surface area contributed by atoms with Gasteiger partial charge in [0, 0.05) is 12.0 Å². The predicted molar refractivity (Wildman–Crippen MR) is 77.0 cm³/mol. The number of carbonyl (C=O) groups is 1. The van der Waals surface area contributed by atoms with Crippen LogP contribution in [0.1, 0.15) is 55.3 Å². The van der Waals surface area contributed by atoms with Crippen LogP contribution in [0, 0.1) is 5.92 Å². The Morgan fingerprint density at radius 3 is 2.70 bits per heavy atom. The lowest BCUT2D eigenvalue weighted by Crippen LogP contribution is -2.08. The standard InChI is InChI=1S/C16H19NO3/c18-14(9-11-5-3-1-2-4-6-11)12-7-8-13-15(10-12)20-16(19)17-13/h7-8,10-11H,1-6,9H2,(H,17,19). The highest BCUT2D eigenvalue weighted by Crippen LogP contribution is 2.27. The number of ketones is 1. The molecule has 1 aromatic carbocycles. The molecule has 1 heterocycles. The van der Waals surface area contributed by atoms with E-state index < -0.39 is 5.76 Å². The van der Waals surface area contributed by atoms with Gasteiger partial charge >= 0.3 is 5.76 Å². The van der Waals surface area contributed by atoms with E-state index >= 15 is 0 Å². The fourth-order valence-corrected chi connectivity index (χ4v) is 3.07. The number of aromatic nitrogens is 1. The average molecular weight is 273 g/mol. The minimum Gasteiger partial charge on any atom is -0.408 e. The number of oxazole rings is 1. The highest BCUT2D eigenvalue weighted by atomic mass is 16.4. The maximum absolute atomic E-state index is 12.3. The Labute approximate surface area is 117 Å². The summed E-state index contributed by atoms with van der Waals surface area (Å²) in [5.74, 6) is 0.190. The van der Waals surface area contributed by atoms with Gasteiger partial charge in [-0.2, -0.15) is 0 Å².